The van der Waals surface area contributed by atoms with Crippen molar-refractivity contribution < 1.29 is 4.79 Å². The van der Waals surface area contributed by atoms with Crippen LogP contribution >= 0.6 is 0 Å². The largest absolute Gasteiger partial charge is 0.382 e. The van der Waals surface area contributed by atoms with Gasteiger partial charge in [0.05, 0.1) is 5.52 Å². The van der Waals surface area contributed by atoms with Crippen molar-refractivity contribution in [2.45, 2.75) is 12.8 Å². The van der Waals surface area contributed by atoms with Crippen LogP contribution in [-0.4, -0.2) is 15.7 Å². The highest BCUT2D eigenvalue weighted by Crippen LogP contribution is 2.32. The maximum Gasteiger partial charge on any atom is 0.250 e. The molecule has 4 heteroatoms. The van der Waals surface area contributed by atoms with Crippen molar-refractivity contribution in [3.63, 3.8) is 0 Å². The van der Waals surface area contributed by atoms with Crippen LogP contribution in [0.25, 0.3) is 10.9 Å². The number of anilines is 1. The summed E-state index contributed by atoms with van der Waals surface area (Å²) in [5, 5.41) is 4.95. The highest BCUT2D eigenvalue weighted by Gasteiger charge is 2.32. The molecular formula is C11H11N3O. The molecule has 0 aliphatic heterocycles. The van der Waals surface area contributed by atoms with Crippen molar-refractivity contribution in [3.8, 4) is 0 Å². The molecule has 15 heavy (non-hydrogen) atoms. The number of carbonyl (C=O) groups excluding carboxylic acids is 1. The zero-order chi connectivity index (χ0) is 10.4. The Hall–Kier alpha value is -1.84. The number of nitrogen functional groups attached to an aromatic ring is 1. The summed E-state index contributed by atoms with van der Waals surface area (Å²) >= 11 is 0. The zero-order valence-corrected chi connectivity index (χ0v) is 8.18. The van der Waals surface area contributed by atoms with Crippen LogP contribution in [0.5, 0.6) is 0 Å². The molecule has 1 aromatic carbocycles. The fourth-order valence-electron chi connectivity index (χ4n) is 1.76. The Labute approximate surface area is 86.7 Å². The molecule has 0 atom stereocenters. The first kappa shape index (κ1) is 8.47. The molecule has 4 nitrogen and oxygen atoms in total. The molecule has 0 radical (unpaired) electrons. The lowest BCUT2D eigenvalue weighted by Gasteiger charge is -1.98. The van der Waals surface area contributed by atoms with Gasteiger partial charge in [-0.05, 0) is 25.0 Å². The van der Waals surface area contributed by atoms with Crippen LogP contribution in [0.2, 0.25) is 0 Å². The van der Waals surface area contributed by atoms with Crippen molar-refractivity contribution in [2.75, 3.05) is 5.73 Å². The summed E-state index contributed by atoms with van der Waals surface area (Å²) in [4.78, 5) is 11.9. The van der Waals surface area contributed by atoms with E-state index in [9.17, 15) is 4.79 Å². The van der Waals surface area contributed by atoms with Crippen molar-refractivity contribution in [1.82, 2.24) is 9.78 Å². The zero-order valence-electron chi connectivity index (χ0n) is 8.18. The first-order chi connectivity index (χ1) is 7.27. The standard InChI is InChI=1S/C11H11N3O/c12-10-8-3-1-2-4-9(8)14(13-10)11(15)7-5-6-7/h1-4,7H,5-6H2,(H2,12,13). The molecule has 1 fully saturated rings. The number of aromatic nitrogens is 2. The van der Waals surface area contributed by atoms with Crippen molar-refractivity contribution in [3.05, 3.63) is 24.3 Å². The van der Waals surface area contributed by atoms with Crippen LogP contribution in [-0.2, 0) is 0 Å². The number of hydrogen-bond acceptors (Lipinski definition) is 3. The summed E-state index contributed by atoms with van der Waals surface area (Å²) in [6.07, 6.45) is 1.96. The van der Waals surface area contributed by atoms with Gasteiger partial charge in [-0.15, -0.1) is 5.10 Å². The summed E-state index contributed by atoms with van der Waals surface area (Å²) in [6.45, 7) is 0. The highest BCUT2D eigenvalue weighted by molar-refractivity contribution is 5.97. The number of nitrogens with zero attached hydrogens (tertiary/aromatic N) is 2. The third kappa shape index (κ3) is 1.21. The van der Waals surface area contributed by atoms with E-state index in [1.165, 1.54) is 4.68 Å². The molecule has 0 unspecified atom stereocenters. The van der Waals surface area contributed by atoms with Gasteiger partial charge in [-0.3, -0.25) is 4.79 Å². The number of hydrogen-bond donors (Lipinski definition) is 1. The third-order valence-corrected chi connectivity index (χ3v) is 2.75. The van der Waals surface area contributed by atoms with Gasteiger partial charge in [-0.1, -0.05) is 12.1 Å². The van der Waals surface area contributed by atoms with Crippen LogP contribution in [0.1, 0.15) is 17.6 Å². The van der Waals surface area contributed by atoms with Crippen molar-refractivity contribution in [2.24, 2.45) is 5.92 Å². The predicted molar refractivity (Wildman–Crippen MR) is 57.5 cm³/mol. The molecule has 1 aromatic heterocycles. The Morgan fingerprint density at radius 2 is 2.13 bits per heavy atom. The second-order valence-corrected chi connectivity index (χ2v) is 3.93. The summed E-state index contributed by atoms with van der Waals surface area (Å²) in [7, 11) is 0. The van der Waals surface area contributed by atoms with E-state index in [0.29, 0.717) is 5.82 Å². The molecule has 76 valence electrons. The fourth-order valence-corrected chi connectivity index (χ4v) is 1.76. The summed E-state index contributed by atoms with van der Waals surface area (Å²) < 4.78 is 1.45. The van der Waals surface area contributed by atoms with Gasteiger partial charge in [-0.25, -0.2) is 0 Å². The summed E-state index contributed by atoms with van der Waals surface area (Å²) in [5.74, 6) is 0.662. The van der Waals surface area contributed by atoms with E-state index < -0.39 is 0 Å². The molecule has 2 N–H and O–H groups in total. The molecular weight excluding hydrogens is 190 g/mol. The fraction of sp³-hybridized carbons (Fsp3) is 0.273. The average molecular weight is 201 g/mol. The van der Waals surface area contributed by atoms with Gasteiger partial charge in [0, 0.05) is 11.3 Å². The van der Waals surface area contributed by atoms with Crippen molar-refractivity contribution >= 4 is 22.6 Å². The maximum absolute atomic E-state index is 11.9. The van der Waals surface area contributed by atoms with Crippen LogP contribution < -0.4 is 5.73 Å². The molecule has 2 aromatic rings. The van der Waals surface area contributed by atoms with Crippen LogP contribution in [0.3, 0.4) is 0 Å². The van der Waals surface area contributed by atoms with Crippen LogP contribution in [0, 0.1) is 5.92 Å². The van der Waals surface area contributed by atoms with Crippen LogP contribution in [0.15, 0.2) is 24.3 Å². The Bertz CT molecular complexity index is 540. The highest BCUT2D eigenvalue weighted by atomic mass is 16.2. The summed E-state index contributed by atoms with van der Waals surface area (Å²) in [6, 6.07) is 7.54. The van der Waals surface area contributed by atoms with Gasteiger partial charge in [-0.2, -0.15) is 4.68 Å². The van der Waals surface area contributed by atoms with Gasteiger partial charge in [0.2, 0.25) is 0 Å². The third-order valence-electron chi connectivity index (χ3n) is 2.75. The number of rotatable bonds is 1. The van der Waals surface area contributed by atoms with E-state index in [4.69, 9.17) is 5.73 Å². The molecule has 3 rings (SSSR count). The van der Waals surface area contributed by atoms with E-state index >= 15 is 0 Å². The van der Waals surface area contributed by atoms with E-state index in [2.05, 4.69) is 5.10 Å². The van der Waals surface area contributed by atoms with Gasteiger partial charge in [0.25, 0.3) is 5.91 Å². The number of carbonyl (C=O) groups is 1. The lowest BCUT2D eigenvalue weighted by molar-refractivity contribution is 0.0876. The molecule has 0 amide bonds. The first-order valence-corrected chi connectivity index (χ1v) is 5.05. The minimum absolute atomic E-state index is 0.0721. The minimum atomic E-state index is 0.0721. The molecule has 1 heterocycles. The van der Waals surface area contributed by atoms with Crippen molar-refractivity contribution in [1.29, 1.82) is 0 Å². The number of nitrogens with two attached hydrogens (primary N) is 1. The minimum Gasteiger partial charge on any atom is -0.382 e. The normalized spacial score (nSPS) is 15.7. The monoisotopic (exact) mass is 201 g/mol. The predicted octanol–water partition coefficient (Wildman–Crippen LogP) is 1.67. The van der Waals surface area contributed by atoms with E-state index in [1.807, 2.05) is 24.3 Å². The first-order valence-electron chi connectivity index (χ1n) is 5.05. The Morgan fingerprint density at radius 3 is 2.87 bits per heavy atom. The van der Waals surface area contributed by atoms with E-state index in [0.717, 1.165) is 23.7 Å². The number of benzene rings is 1. The van der Waals surface area contributed by atoms with Gasteiger partial charge in [0.15, 0.2) is 5.82 Å². The molecule has 0 spiro atoms. The summed E-state index contributed by atoms with van der Waals surface area (Å²) in [5.41, 5.74) is 6.56. The molecule has 0 bridgehead atoms. The van der Waals surface area contributed by atoms with E-state index in [1.54, 1.807) is 0 Å². The lowest BCUT2D eigenvalue weighted by atomic mass is 10.2. The van der Waals surface area contributed by atoms with Crippen LogP contribution in [0.4, 0.5) is 5.82 Å². The molecule has 1 aliphatic rings. The Morgan fingerprint density at radius 1 is 1.40 bits per heavy atom. The maximum atomic E-state index is 11.9. The molecule has 0 saturated heterocycles. The Balaban J connectivity index is 2.21. The van der Waals surface area contributed by atoms with Gasteiger partial charge >= 0.3 is 0 Å². The smallest absolute Gasteiger partial charge is 0.250 e. The van der Waals surface area contributed by atoms with Gasteiger partial charge < -0.3 is 5.73 Å². The SMILES string of the molecule is Nc1nn(C(=O)C2CC2)c2ccccc12. The topological polar surface area (TPSA) is 60.9 Å². The second kappa shape index (κ2) is 2.82. The Kier molecular flexibility index (Phi) is 1.59. The molecule has 1 saturated carbocycles. The van der Waals surface area contributed by atoms with Gasteiger partial charge in [0.1, 0.15) is 0 Å². The quantitative estimate of drug-likeness (QED) is 0.763. The average Bonchev–Trinajstić information content (AvgIpc) is 3.04. The lowest BCUT2D eigenvalue weighted by Crippen LogP contribution is -2.14. The number of para-hydroxylation sites is 1. The second-order valence-electron chi connectivity index (χ2n) is 3.93. The number of fused-ring (bicyclic) bond motifs is 1. The molecule has 1 aliphatic carbocycles. The van der Waals surface area contributed by atoms with E-state index in [-0.39, 0.29) is 11.8 Å².